The van der Waals surface area contributed by atoms with Gasteiger partial charge in [-0.1, -0.05) is 42.5 Å². The van der Waals surface area contributed by atoms with Crippen molar-refractivity contribution in [2.45, 2.75) is 18.4 Å². The van der Waals surface area contributed by atoms with Gasteiger partial charge in [-0.2, -0.15) is 0 Å². The van der Waals surface area contributed by atoms with Crippen molar-refractivity contribution >= 4 is 5.69 Å². The summed E-state index contributed by atoms with van der Waals surface area (Å²) in [6, 6.07) is 15.1. The number of para-hydroxylation sites is 1. The molecule has 2 aromatic rings. The van der Waals surface area contributed by atoms with E-state index in [1.807, 2.05) is 30.3 Å². The van der Waals surface area contributed by atoms with E-state index in [0.717, 1.165) is 17.7 Å². The van der Waals surface area contributed by atoms with E-state index in [4.69, 9.17) is 0 Å². The van der Waals surface area contributed by atoms with Crippen LogP contribution in [0.2, 0.25) is 0 Å². The molecule has 0 fully saturated rings. The Labute approximate surface area is 112 Å². The summed E-state index contributed by atoms with van der Waals surface area (Å²) in [7, 11) is 0. The van der Waals surface area contributed by atoms with Crippen LogP contribution in [0.1, 0.15) is 11.1 Å². The van der Waals surface area contributed by atoms with Gasteiger partial charge in [0, 0.05) is 18.5 Å². The molecule has 2 aromatic carbocycles. The van der Waals surface area contributed by atoms with Crippen LogP contribution in [0.5, 0.6) is 0 Å². The topological polar surface area (TPSA) is 12.0 Å². The van der Waals surface area contributed by atoms with Crippen LogP contribution in [-0.2, 0) is 12.8 Å². The van der Waals surface area contributed by atoms with Crippen molar-refractivity contribution in [1.82, 2.24) is 0 Å². The van der Waals surface area contributed by atoms with Crippen LogP contribution in [0.4, 0.5) is 10.1 Å². The van der Waals surface area contributed by atoms with Crippen molar-refractivity contribution in [2.24, 2.45) is 0 Å². The first-order chi connectivity index (χ1) is 9.22. The summed E-state index contributed by atoms with van der Waals surface area (Å²) in [5, 5.41) is 3.49. The Bertz CT molecular complexity index is 593. The van der Waals surface area contributed by atoms with Crippen LogP contribution in [-0.4, -0.2) is 5.54 Å². The highest BCUT2D eigenvalue weighted by molar-refractivity contribution is 5.60. The Hall–Kier alpha value is -2.09. The monoisotopic (exact) mass is 253 g/mol. The first-order valence-electron chi connectivity index (χ1n) is 6.45. The predicted molar refractivity (Wildman–Crippen MR) is 76.8 cm³/mol. The molecule has 3 rings (SSSR count). The van der Waals surface area contributed by atoms with E-state index < -0.39 is 0 Å². The summed E-state index contributed by atoms with van der Waals surface area (Å²) in [5.41, 5.74) is 2.83. The predicted octanol–water partition coefficient (Wildman–Crippen LogP) is 3.96. The van der Waals surface area contributed by atoms with Gasteiger partial charge in [0.2, 0.25) is 0 Å². The van der Waals surface area contributed by atoms with Crippen molar-refractivity contribution in [3.8, 4) is 0 Å². The van der Waals surface area contributed by atoms with Gasteiger partial charge in [0.15, 0.2) is 0 Å². The van der Waals surface area contributed by atoms with Crippen molar-refractivity contribution in [3.05, 3.63) is 78.1 Å². The SMILES string of the molecule is C=C[C@]1(Cc2ccccc2F)Cc2ccccc2N1. The minimum Gasteiger partial charge on any atom is -0.375 e. The number of hydrogen-bond acceptors (Lipinski definition) is 1. The molecule has 0 bridgehead atoms. The molecule has 2 heteroatoms. The molecule has 0 radical (unpaired) electrons. The van der Waals surface area contributed by atoms with Gasteiger partial charge in [-0.25, -0.2) is 4.39 Å². The molecule has 1 aliphatic heterocycles. The summed E-state index contributed by atoms with van der Waals surface area (Å²) in [6.07, 6.45) is 3.36. The summed E-state index contributed by atoms with van der Waals surface area (Å²) in [5.74, 6) is -0.151. The normalized spacial score (nSPS) is 20.7. The highest BCUT2D eigenvalue weighted by atomic mass is 19.1. The molecule has 0 spiro atoms. The number of nitrogens with one attached hydrogen (secondary N) is 1. The van der Waals surface area contributed by atoms with Crippen LogP contribution < -0.4 is 5.32 Å². The molecular weight excluding hydrogens is 237 g/mol. The third-order valence-corrected chi connectivity index (χ3v) is 3.76. The Kier molecular flexibility index (Phi) is 2.86. The molecular formula is C17H16FN. The third kappa shape index (κ3) is 2.14. The number of halogens is 1. The standard InChI is InChI=1S/C17H16FN/c1-2-17(11-13-7-3-5-9-15(13)18)12-14-8-4-6-10-16(14)19-17/h2-10,19H,1,11-12H2/t17-/m0/s1. The Morgan fingerprint density at radius 1 is 1.16 bits per heavy atom. The van der Waals surface area contributed by atoms with Crippen LogP contribution in [0.15, 0.2) is 61.2 Å². The van der Waals surface area contributed by atoms with Crippen molar-refractivity contribution in [1.29, 1.82) is 0 Å². The molecule has 19 heavy (non-hydrogen) atoms. The Morgan fingerprint density at radius 3 is 2.63 bits per heavy atom. The number of benzene rings is 2. The zero-order chi connectivity index (χ0) is 13.3. The van der Waals surface area contributed by atoms with Crippen molar-refractivity contribution in [2.75, 3.05) is 5.32 Å². The third-order valence-electron chi connectivity index (χ3n) is 3.76. The maximum Gasteiger partial charge on any atom is 0.126 e. The van der Waals surface area contributed by atoms with Gasteiger partial charge in [0.05, 0.1) is 5.54 Å². The van der Waals surface area contributed by atoms with Gasteiger partial charge < -0.3 is 5.32 Å². The van der Waals surface area contributed by atoms with E-state index in [-0.39, 0.29) is 11.4 Å². The molecule has 96 valence electrons. The van der Waals surface area contributed by atoms with E-state index in [0.29, 0.717) is 6.42 Å². The van der Waals surface area contributed by atoms with Crippen LogP contribution in [0, 0.1) is 5.82 Å². The molecule has 1 heterocycles. The molecule has 0 unspecified atom stereocenters. The smallest absolute Gasteiger partial charge is 0.126 e. The van der Waals surface area contributed by atoms with Gasteiger partial charge in [0.25, 0.3) is 0 Å². The van der Waals surface area contributed by atoms with E-state index in [1.165, 1.54) is 11.6 Å². The summed E-state index contributed by atoms with van der Waals surface area (Å²) >= 11 is 0. The lowest BCUT2D eigenvalue weighted by molar-refractivity contribution is 0.553. The van der Waals surface area contributed by atoms with Gasteiger partial charge in [-0.3, -0.25) is 0 Å². The molecule has 0 aromatic heterocycles. The highest BCUT2D eigenvalue weighted by Crippen LogP contribution is 2.35. The van der Waals surface area contributed by atoms with Gasteiger partial charge >= 0.3 is 0 Å². The zero-order valence-corrected chi connectivity index (χ0v) is 10.7. The van der Waals surface area contributed by atoms with Gasteiger partial charge in [0.1, 0.15) is 5.82 Å². The lowest BCUT2D eigenvalue weighted by atomic mass is 9.88. The molecule has 1 nitrogen and oxygen atoms in total. The molecule has 1 atom stereocenters. The zero-order valence-electron chi connectivity index (χ0n) is 10.7. The second-order valence-electron chi connectivity index (χ2n) is 5.09. The van der Waals surface area contributed by atoms with Crippen LogP contribution in [0.25, 0.3) is 0 Å². The average molecular weight is 253 g/mol. The average Bonchev–Trinajstić information content (AvgIpc) is 2.80. The summed E-state index contributed by atoms with van der Waals surface area (Å²) in [4.78, 5) is 0. The second-order valence-corrected chi connectivity index (χ2v) is 5.09. The second kappa shape index (κ2) is 4.54. The molecule has 0 saturated carbocycles. The molecule has 0 amide bonds. The van der Waals surface area contributed by atoms with Crippen LogP contribution >= 0.6 is 0 Å². The van der Waals surface area contributed by atoms with Gasteiger partial charge in [-0.05, 0) is 23.3 Å². The maximum atomic E-state index is 13.8. The first-order valence-corrected chi connectivity index (χ1v) is 6.45. The largest absolute Gasteiger partial charge is 0.375 e. The lowest BCUT2D eigenvalue weighted by Crippen LogP contribution is -2.36. The van der Waals surface area contributed by atoms with Gasteiger partial charge in [-0.15, -0.1) is 6.58 Å². The van der Waals surface area contributed by atoms with E-state index >= 15 is 0 Å². The first kappa shape index (κ1) is 12.0. The molecule has 1 N–H and O–H groups in total. The fourth-order valence-electron chi connectivity index (χ4n) is 2.73. The number of fused-ring (bicyclic) bond motifs is 1. The lowest BCUT2D eigenvalue weighted by Gasteiger charge is -2.26. The fourth-order valence-corrected chi connectivity index (χ4v) is 2.73. The number of rotatable bonds is 3. The summed E-state index contributed by atoms with van der Waals surface area (Å²) < 4.78 is 13.8. The quantitative estimate of drug-likeness (QED) is 0.816. The van der Waals surface area contributed by atoms with Crippen molar-refractivity contribution in [3.63, 3.8) is 0 Å². The highest BCUT2D eigenvalue weighted by Gasteiger charge is 2.34. The number of hydrogen-bond donors (Lipinski definition) is 1. The minimum absolute atomic E-state index is 0.151. The van der Waals surface area contributed by atoms with E-state index in [1.54, 1.807) is 6.07 Å². The van der Waals surface area contributed by atoms with Crippen LogP contribution in [0.3, 0.4) is 0 Å². The molecule has 1 aliphatic rings. The maximum absolute atomic E-state index is 13.8. The fraction of sp³-hybridized carbons (Fsp3) is 0.176. The summed E-state index contributed by atoms with van der Waals surface area (Å²) in [6.45, 7) is 3.94. The van der Waals surface area contributed by atoms with E-state index in [9.17, 15) is 4.39 Å². The van der Waals surface area contributed by atoms with Crippen molar-refractivity contribution < 1.29 is 4.39 Å². The Morgan fingerprint density at radius 2 is 1.89 bits per heavy atom. The molecule has 0 saturated heterocycles. The Balaban J connectivity index is 1.91. The minimum atomic E-state index is -0.286. The van der Waals surface area contributed by atoms with E-state index in [2.05, 4.69) is 24.0 Å². The number of anilines is 1. The molecule has 0 aliphatic carbocycles.